The van der Waals surface area contributed by atoms with Gasteiger partial charge in [-0.25, -0.2) is 8.42 Å². The van der Waals surface area contributed by atoms with E-state index in [2.05, 4.69) is 18.3 Å². The highest BCUT2D eigenvalue weighted by atomic mass is 32.2. The predicted molar refractivity (Wildman–Crippen MR) is 114 cm³/mol. The summed E-state index contributed by atoms with van der Waals surface area (Å²) in [5.74, 6) is -1.34. The van der Waals surface area contributed by atoms with Gasteiger partial charge in [0.25, 0.3) is 0 Å². The molecule has 7 nitrogen and oxygen atoms in total. The summed E-state index contributed by atoms with van der Waals surface area (Å²) in [4.78, 5) is 28.5. The zero-order chi connectivity index (χ0) is 22.2. The summed E-state index contributed by atoms with van der Waals surface area (Å²) < 4.78 is 26.5. The second kappa shape index (κ2) is 8.27. The van der Waals surface area contributed by atoms with Crippen LogP contribution in [-0.4, -0.2) is 49.0 Å². The highest BCUT2D eigenvalue weighted by molar-refractivity contribution is 7.92. The van der Waals surface area contributed by atoms with E-state index in [-0.39, 0.29) is 29.6 Å². The summed E-state index contributed by atoms with van der Waals surface area (Å²) in [5.41, 5.74) is -0.846. The van der Waals surface area contributed by atoms with Gasteiger partial charge in [0.2, 0.25) is 11.8 Å². The molecule has 1 aromatic carbocycles. The van der Waals surface area contributed by atoms with Crippen LogP contribution in [0.5, 0.6) is 0 Å². The number of nitrogens with zero attached hydrogens (tertiary/aromatic N) is 2. The molecule has 0 spiro atoms. The van der Waals surface area contributed by atoms with Crippen LogP contribution in [0.1, 0.15) is 45.4 Å². The molecule has 3 aliphatic rings. The minimum absolute atomic E-state index is 0.102. The number of rotatable bonds is 5. The average Bonchev–Trinajstić information content (AvgIpc) is 3.39. The lowest BCUT2D eigenvalue weighted by Crippen LogP contribution is -2.46. The standard InChI is InChI=1S/C23H29N3O4S/c1-16-7-11-26(12-8-16)22(28)20-14-18(31(29,30)17-5-3-2-4-6-17)13-19(20)21(27)25-23(15-24)9-10-23/h2-6,16,18-20H,7-14H2,1H3,(H,25,27)/t18-,19-,20-/m1/s1. The quantitative estimate of drug-likeness (QED) is 0.751. The van der Waals surface area contributed by atoms with Crippen LogP contribution in [0.15, 0.2) is 35.2 Å². The van der Waals surface area contributed by atoms with Crippen molar-refractivity contribution < 1.29 is 18.0 Å². The molecule has 0 radical (unpaired) electrons. The average molecular weight is 444 g/mol. The first-order chi connectivity index (χ1) is 14.8. The Hall–Kier alpha value is -2.40. The van der Waals surface area contributed by atoms with E-state index in [0.717, 1.165) is 12.8 Å². The van der Waals surface area contributed by atoms with Crippen molar-refractivity contribution in [2.75, 3.05) is 13.1 Å². The molecule has 1 aromatic rings. The minimum atomic E-state index is -3.66. The van der Waals surface area contributed by atoms with Crippen LogP contribution in [0.3, 0.4) is 0 Å². The molecule has 3 fully saturated rings. The summed E-state index contributed by atoms with van der Waals surface area (Å²) in [5, 5.41) is 11.4. The van der Waals surface area contributed by atoms with Gasteiger partial charge in [0, 0.05) is 13.1 Å². The van der Waals surface area contributed by atoms with Gasteiger partial charge >= 0.3 is 0 Å². The Bertz CT molecular complexity index is 989. The van der Waals surface area contributed by atoms with Gasteiger partial charge in [-0.05, 0) is 56.6 Å². The van der Waals surface area contributed by atoms with E-state index in [9.17, 15) is 23.3 Å². The maximum Gasteiger partial charge on any atom is 0.226 e. The third-order valence-electron chi connectivity index (χ3n) is 7.11. The molecule has 0 unspecified atom stereocenters. The van der Waals surface area contributed by atoms with E-state index in [4.69, 9.17) is 0 Å². The van der Waals surface area contributed by atoms with E-state index in [1.807, 2.05) is 0 Å². The van der Waals surface area contributed by atoms with Gasteiger partial charge in [0.15, 0.2) is 9.84 Å². The smallest absolute Gasteiger partial charge is 0.226 e. The highest BCUT2D eigenvalue weighted by Crippen LogP contribution is 2.42. The molecular weight excluding hydrogens is 414 g/mol. The molecule has 0 bridgehead atoms. The monoisotopic (exact) mass is 443 g/mol. The maximum atomic E-state index is 13.4. The summed E-state index contributed by atoms with van der Waals surface area (Å²) in [6, 6.07) is 10.4. The van der Waals surface area contributed by atoms with Crippen LogP contribution in [0.4, 0.5) is 0 Å². The molecular formula is C23H29N3O4S. The van der Waals surface area contributed by atoms with Crippen molar-refractivity contribution >= 4 is 21.7 Å². The van der Waals surface area contributed by atoms with Crippen molar-refractivity contribution in [3.63, 3.8) is 0 Å². The Balaban J connectivity index is 1.58. The third kappa shape index (κ3) is 4.33. The van der Waals surface area contributed by atoms with Crippen molar-refractivity contribution in [1.29, 1.82) is 5.26 Å². The van der Waals surface area contributed by atoms with Gasteiger partial charge in [0.05, 0.1) is 28.1 Å². The second-order valence-corrected chi connectivity index (χ2v) is 11.6. The number of hydrogen-bond acceptors (Lipinski definition) is 5. The molecule has 3 atom stereocenters. The number of nitriles is 1. The van der Waals surface area contributed by atoms with E-state index in [1.165, 1.54) is 0 Å². The summed E-state index contributed by atoms with van der Waals surface area (Å²) in [7, 11) is -3.66. The number of carbonyl (C=O) groups excluding carboxylic acids is 2. The second-order valence-electron chi connectivity index (χ2n) is 9.36. The lowest BCUT2D eigenvalue weighted by atomic mass is 9.91. The number of sulfone groups is 1. The number of piperidine rings is 1. The lowest BCUT2D eigenvalue weighted by Gasteiger charge is -2.33. The normalized spacial score (nSPS) is 28.0. The molecule has 31 heavy (non-hydrogen) atoms. The largest absolute Gasteiger partial charge is 0.342 e. The maximum absolute atomic E-state index is 13.4. The van der Waals surface area contributed by atoms with Crippen molar-refractivity contribution in [3.8, 4) is 6.07 Å². The molecule has 2 amide bonds. The first-order valence-electron chi connectivity index (χ1n) is 11.1. The van der Waals surface area contributed by atoms with Gasteiger partial charge in [0.1, 0.15) is 5.54 Å². The minimum Gasteiger partial charge on any atom is -0.342 e. The molecule has 2 saturated carbocycles. The van der Waals surface area contributed by atoms with Crippen molar-refractivity contribution in [2.45, 2.75) is 61.1 Å². The van der Waals surface area contributed by atoms with Crippen LogP contribution in [0.2, 0.25) is 0 Å². The lowest BCUT2D eigenvalue weighted by molar-refractivity contribution is -0.142. The Morgan fingerprint density at radius 2 is 1.71 bits per heavy atom. The Labute approximate surface area is 183 Å². The molecule has 2 aliphatic carbocycles. The number of likely N-dealkylation sites (tertiary alicyclic amines) is 1. The summed E-state index contributed by atoms with van der Waals surface area (Å²) in [6.45, 7) is 3.44. The Morgan fingerprint density at radius 1 is 1.10 bits per heavy atom. The number of carbonyl (C=O) groups is 2. The number of amides is 2. The first-order valence-corrected chi connectivity index (χ1v) is 12.6. The van der Waals surface area contributed by atoms with Gasteiger partial charge < -0.3 is 10.2 Å². The number of benzene rings is 1. The predicted octanol–water partition coefficient (Wildman–Crippen LogP) is 2.29. The fourth-order valence-electron chi connectivity index (χ4n) is 4.79. The van der Waals surface area contributed by atoms with Crippen LogP contribution in [-0.2, 0) is 19.4 Å². The number of nitrogens with one attached hydrogen (secondary N) is 1. The van der Waals surface area contributed by atoms with Gasteiger partial charge in [-0.15, -0.1) is 0 Å². The first kappa shape index (κ1) is 21.8. The Morgan fingerprint density at radius 3 is 2.29 bits per heavy atom. The molecule has 166 valence electrons. The van der Waals surface area contributed by atoms with Crippen LogP contribution in [0.25, 0.3) is 0 Å². The van der Waals surface area contributed by atoms with Crippen molar-refractivity contribution in [1.82, 2.24) is 10.2 Å². The van der Waals surface area contributed by atoms with E-state index in [1.54, 1.807) is 35.2 Å². The fraction of sp³-hybridized carbons (Fsp3) is 0.609. The third-order valence-corrected chi connectivity index (χ3v) is 9.30. The molecule has 1 saturated heterocycles. The van der Waals surface area contributed by atoms with Gasteiger partial charge in [-0.1, -0.05) is 25.1 Å². The van der Waals surface area contributed by atoms with Crippen LogP contribution in [0, 0.1) is 29.1 Å². The molecule has 1 N–H and O–H groups in total. The molecule has 1 heterocycles. The summed E-state index contributed by atoms with van der Waals surface area (Å²) in [6.07, 6.45) is 3.26. The number of hydrogen-bond donors (Lipinski definition) is 1. The summed E-state index contributed by atoms with van der Waals surface area (Å²) >= 11 is 0. The molecule has 1 aliphatic heterocycles. The molecule has 8 heteroatoms. The fourth-order valence-corrected chi connectivity index (χ4v) is 6.63. The van der Waals surface area contributed by atoms with Gasteiger partial charge in [-0.3, -0.25) is 9.59 Å². The zero-order valence-electron chi connectivity index (χ0n) is 17.8. The van der Waals surface area contributed by atoms with Crippen molar-refractivity contribution in [3.05, 3.63) is 30.3 Å². The van der Waals surface area contributed by atoms with E-state index >= 15 is 0 Å². The van der Waals surface area contributed by atoms with Crippen molar-refractivity contribution in [2.24, 2.45) is 17.8 Å². The SMILES string of the molecule is CC1CCN(C(=O)[C@@H]2C[C@H](S(=O)(=O)c3ccccc3)C[C@H]2C(=O)NC2(C#N)CC2)CC1. The van der Waals surface area contributed by atoms with Gasteiger partial charge in [-0.2, -0.15) is 5.26 Å². The van der Waals surface area contributed by atoms with Crippen LogP contribution < -0.4 is 5.32 Å². The van der Waals surface area contributed by atoms with E-state index in [0.29, 0.717) is 31.8 Å². The topological polar surface area (TPSA) is 107 Å². The zero-order valence-corrected chi connectivity index (χ0v) is 18.6. The Kier molecular flexibility index (Phi) is 5.82. The van der Waals surface area contributed by atoms with E-state index < -0.39 is 32.5 Å². The molecule has 0 aromatic heterocycles. The molecule has 4 rings (SSSR count). The van der Waals surface area contributed by atoms with Crippen LogP contribution >= 0.6 is 0 Å². The highest BCUT2D eigenvalue weighted by Gasteiger charge is 2.52.